The monoisotopic (exact) mass is 497 g/mol. The van der Waals surface area contributed by atoms with Gasteiger partial charge in [-0.2, -0.15) is 0 Å². The maximum atomic E-state index is 13.5. The molecule has 0 unspecified atom stereocenters. The van der Waals surface area contributed by atoms with Crippen molar-refractivity contribution in [1.82, 2.24) is 9.55 Å². The van der Waals surface area contributed by atoms with Crippen LogP contribution in [0.3, 0.4) is 0 Å². The van der Waals surface area contributed by atoms with E-state index < -0.39 is 6.04 Å². The van der Waals surface area contributed by atoms with Crippen LogP contribution in [0.2, 0.25) is 0 Å². The van der Waals surface area contributed by atoms with Gasteiger partial charge in [-0.1, -0.05) is 24.3 Å². The van der Waals surface area contributed by atoms with Crippen molar-refractivity contribution < 1.29 is 19.1 Å². The molecule has 1 aromatic heterocycles. The Bertz CT molecular complexity index is 1460. The second-order valence-electron chi connectivity index (χ2n) is 8.89. The van der Waals surface area contributed by atoms with Crippen LogP contribution in [0.5, 0.6) is 5.75 Å². The fraction of sp³-hybridized carbons (Fsp3) is 0.214. The lowest BCUT2D eigenvalue weighted by molar-refractivity contribution is -0.124. The van der Waals surface area contributed by atoms with Crippen molar-refractivity contribution in [1.29, 1.82) is 0 Å². The van der Waals surface area contributed by atoms with E-state index in [-0.39, 0.29) is 24.1 Å². The van der Waals surface area contributed by atoms with Gasteiger partial charge in [-0.15, -0.1) is 0 Å². The molecule has 1 aliphatic heterocycles. The lowest BCUT2D eigenvalue weighted by Gasteiger charge is -2.16. The van der Waals surface area contributed by atoms with Gasteiger partial charge in [0.15, 0.2) is 0 Å². The van der Waals surface area contributed by atoms with Crippen molar-refractivity contribution in [3.8, 4) is 5.75 Å². The summed E-state index contributed by atoms with van der Waals surface area (Å²) in [4.78, 5) is 44.2. The minimum atomic E-state index is -0.697. The Hall–Kier alpha value is -4.66. The number of para-hydroxylation sites is 2. The molecular formula is C28H27N5O4. The summed E-state index contributed by atoms with van der Waals surface area (Å²) in [6.07, 6.45) is 0.608. The number of fused-ring (bicyclic) bond motifs is 3. The van der Waals surface area contributed by atoms with Gasteiger partial charge in [0, 0.05) is 24.8 Å². The summed E-state index contributed by atoms with van der Waals surface area (Å²) in [5, 5.41) is 5.55. The molecule has 0 bridgehead atoms. The van der Waals surface area contributed by atoms with E-state index in [9.17, 15) is 14.4 Å². The van der Waals surface area contributed by atoms with Gasteiger partial charge in [-0.05, 0) is 60.5 Å². The molecule has 0 saturated heterocycles. The second-order valence-corrected chi connectivity index (χ2v) is 8.89. The Kier molecular flexibility index (Phi) is 6.59. The number of nitrogens with zero attached hydrogens (tertiary/aromatic N) is 3. The second kappa shape index (κ2) is 10.1. The molecule has 3 amide bonds. The van der Waals surface area contributed by atoms with Gasteiger partial charge in [0.2, 0.25) is 17.8 Å². The zero-order valence-corrected chi connectivity index (χ0v) is 20.6. The maximum absolute atomic E-state index is 13.5. The van der Waals surface area contributed by atoms with Crippen molar-refractivity contribution in [3.63, 3.8) is 0 Å². The fourth-order valence-corrected chi connectivity index (χ4v) is 4.57. The minimum absolute atomic E-state index is 0.0291. The molecule has 2 N–H and O–H groups in total. The summed E-state index contributed by atoms with van der Waals surface area (Å²) in [6.45, 7) is 1.87. The molecule has 9 nitrogen and oxygen atoms in total. The lowest BCUT2D eigenvalue weighted by Crippen LogP contribution is -2.33. The van der Waals surface area contributed by atoms with Crippen LogP contribution in [0.15, 0.2) is 72.8 Å². The number of rotatable bonds is 8. The van der Waals surface area contributed by atoms with Crippen molar-refractivity contribution in [3.05, 3.63) is 78.4 Å². The largest absolute Gasteiger partial charge is 0.497 e. The van der Waals surface area contributed by atoms with Crippen LogP contribution >= 0.6 is 0 Å². The van der Waals surface area contributed by atoms with Crippen LogP contribution in [0.4, 0.5) is 17.3 Å². The number of amides is 3. The molecule has 3 aromatic carbocycles. The molecule has 0 aliphatic carbocycles. The van der Waals surface area contributed by atoms with Crippen molar-refractivity contribution in [2.24, 2.45) is 0 Å². The van der Waals surface area contributed by atoms with E-state index in [2.05, 4.69) is 10.6 Å². The number of imidazole rings is 1. The molecule has 37 heavy (non-hydrogen) atoms. The zero-order valence-electron chi connectivity index (χ0n) is 20.6. The number of methoxy groups -OCH3 is 1. The number of aromatic nitrogens is 2. The highest BCUT2D eigenvalue weighted by Gasteiger charge is 2.40. The number of benzene rings is 3. The molecule has 188 valence electrons. The van der Waals surface area contributed by atoms with Crippen LogP contribution in [0.1, 0.15) is 24.9 Å². The third-order valence-corrected chi connectivity index (χ3v) is 6.33. The molecule has 0 fully saturated rings. The molecule has 1 atom stereocenters. The van der Waals surface area contributed by atoms with E-state index >= 15 is 0 Å². The molecule has 5 rings (SSSR count). The number of nitrogens with one attached hydrogen (secondary N) is 2. The normalized spacial score (nSPS) is 14.5. The number of anilines is 3. The van der Waals surface area contributed by atoms with E-state index in [1.54, 1.807) is 36.3 Å². The first-order valence-electron chi connectivity index (χ1n) is 12.0. The number of carbonyl (C=O) groups excluding carboxylic acids is 3. The Labute approximate surface area is 214 Å². The summed E-state index contributed by atoms with van der Waals surface area (Å²) in [5.41, 5.74) is 3.88. The average molecular weight is 498 g/mol. The van der Waals surface area contributed by atoms with Gasteiger partial charge < -0.3 is 15.4 Å². The van der Waals surface area contributed by atoms with E-state index in [0.717, 1.165) is 22.3 Å². The standard InChI is InChI=1S/C28H27N5O4/c1-18(34)29-20-9-11-21(12-10-20)30-26(35)17-25-27(36)32(16-15-19-7-13-22(37-2)14-8-19)28-31-23-5-3-4-6-24(23)33(25)28/h3-14,25H,15-17H2,1-2H3,(H,29,34)(H,30,35)/t25-/m1/s1. The topological polar surface area (TPSA) is 106 Å². The summed E-state index contributed by atoms with van der Waals surface area (Å²) in [5.74, 6) is 0.719. The molecule has 0 spiro atoms. The van der Waals surface area contributed by atoms with Crippen molar-refractivity contribution >= 4 is 46.1 Å². The smallest absolute Gasteiger partial charge is 0.253 e. The number of ether oxygens (including phenoxy) is 1. The quantitative estimate of drug-likeness (QED) is 0.380. The summed E-state index contributed by atoms with van der Waals surface area (Å²) >= 11 is 0. The van der Waals surface area contributed by atoms with Gasteiger partial charge in [0.25, 0.3) is 5.91 Å². The highest BCUT2D eigenvalue weighted by molar-refractivity contribution is 6.05. The first kappa shape index (κ1) is 24.1. The Morgan fingerprint density at radius 3 is 2.30 bits per heavy atom. The van der Waals surface area contributed by atoms with Crippen LogP contribution in [-0.4, -0.2) is 40.9 Å². The van der Waals surface area contributed by atoms with Crippen LogP contribution < -0.4 is 20.3 Å². The molecule has 0 radical (unpaired) electrons. The molecule has 9 heteroatoms. The molecule has 1 aliphatic rings. The average Bonchev–Trinajstić information content (AvgIpc) is 3.38. The molecule has 4 aromatic rings. The van der Waals surface area contributed by atoms with Gasteiger partial charge >= 0.3 is 0 Å². The van der Waals surface area contributed by atoms with Gasteiger partial charge in [-0.3, -0.25) is 23.9 Å². The predicted octanol–water partition coefficient (Wildman–Crippen LogP) is 4.16. The van der Waals surface area contributed by atoms with Crippen molar-refractivity contribution in [2.45, 2.75) is 25.8 Å². The third-order valence-electron chi connectivity index (χ3n) is 6.33. The first-order chi connectivity index (χ1) is 17.9. The minimum Gasteiger partial charge on any atom is -0.497 e. The van der Waals surface area contributed by atoms with E-state index in [1.165, 1.54) is 6.92 Å². The van der Waals surface area contributed by atoms with Crippen LogP contribution in [-0.2, 0) is 20.8 Å². The van der Waals surface area contributed by atoms with Gasteiger partial charge in [0.1, 0.15) is 11.8 Å². The Balaban J connectivity index is 1.34. The number of carbonyl (C=O) groups is 3. The van der Waals surface area contributed by atoms with Crippen LogP contribution in [0, 0.1) is 0 Å². The predicted molar refractivity (Wildman–Crippen MR) is 142 cm³/mol. The van der Waals surface area contributed by atoms with Crippen molar-refractivity contribution in [2.75, 3.05) is 29.2 Å². The lowest BCUT2D eigenvalue weighted by atomic mass is 10.1. The van der Waals surface area contributed by atoms with Gasteiger partial charge in [-0.25, -0.2) is 4.98 Å². The Morgan fingerprint density at radius 1 is 0.946 bits per heavy atom. The first-order valence-corrected chi connectivity index (χ1v) is 12.0. The summed E-state index contributed by atoms with van der Waals surface area (Å²) in [6, 6.07) is 21.5. The highest BCUT2D eigenvalue weighted by Crippen LogP contribution is 2.36. The summed E-state index contributed by atoms with van der Waals surface area (Å²) < 4.78 is 7.09. The van der Waals surface area contributed by atoms with E-state index in [0.29, 0.717) is 30.3 Å². The summed E-state index contributed by atoms with van der Waals surface area (Å²) in [7, 11) is 1.62. The zero-order chi connectivity index (χ0) is 25.9. The van der Waals surface area contributed by atoms with E-state index in [1.807, 2.05) is 53.1 Å². The SMILES string of the molecule is COc1ccc(CCN2C(=O)[C@@H](CC(=O)Nc3ccc(NC(C)=O)cc3)n3c2nc2ccccc23)cc1. The number of hydrogen-bond acceptors (Lipinski definition) is 5. The molecule has 0 saturated carbocycles. The maximum Gasteiger partial charge on any atom is 0.253 e. The highest BCUT2D eigenvalue weighted by atomic mass is 16.5. The fourth-order valence-electron chi connectivity index (χ4n) is 4.57. The van der Waals surface area contributed by atoms with Crippen LogP contribution in [0.25, 0.3) is 11.0 Å². The van der Waals surface area contributed by atoms with E-state index in [4.69, 9.17) is 9.72 Å². The third kappa shape index (κ3) is 5.02. The number of hydrogen-bond donors (Lipinski definition) is 2. The Morgan fingerprint density at radius 2 is 1.62 bits per heavy atom. The molecule has 2 heterocycles. The van der Waals surface area contributed by atoms with Gasteiger partial charge in [0.05, 0.1) is 24.6 Å². The molecular weight excluding hydrogens is 470 g/mol.